The van der Waals surface area contributed by atoms with Crippen LogP contribution in [0.1, 0.15) is 26.0 Å². The average Bonchev–Trinajstić information content (AvgIpc) is 2.89. The van der Waals surface area contributed by atoms with Crippen LogP contribution in [0.5, 0.6) is 0 Å². The van der Waals surface area contributed by atoms with Crippen LogP contribution >= 0.6 is 24.0 Å². The van der Waals surface area contributed by atoms with Crippen molar-refractivity contribution in [1.29, 1.82) is 0 Å². The van der Waals surface area contributed by atoms with Crippen LogP contribution in [0.15, 0.2) is 27.7 Å². The number of hydrogen-bond acceptors (Lipinski definition) is 4. The number of carbonyl (C=O) groups excluding carboxylic acids is 1. The second kappa shape index (κ2) is 5.06. The Bertz CT molecular complexity index is 465. The molecule has 0 aliphatic carbocycles. The first-order chi connectivity index (χ1) is 8.13. The van der Waals surface area contributed by atoms with Crippen molar-refractivity contribution >= 4 is 40.3 Å². The van der Waals surface area contributed by atoms with Gasteiger partial charge in [0.25, 0.3) is 5.91 Å². The standard InChI is InChI=1S/C12H13NO2S2/c1-3-8(2)13-11(14)10(17-12(13)16)7-9-5-4-6-15-9/h4-8H,3H2,1-2H3/b10-7-/t8-/m0/s1. The monoisotopic (exact) mass is 267 g/mol. The zero-order chi connectivity index (χ0) is 12.4. The van der Waals surface area contributed by atoms with Gasteiger partial charge in [0.05, 0.1) is 11.2 Å². The minimum absolute atomic E-state index is 0.0225. The average molecular weight is 267 g/mol. The van der Waals surface area contributed by atoms with Gasteiger partial charge in [-0.25, -0.2) is 0 Å². The fourth-order valence-electron chi connectivity index (χ4n) is 1.55. The second-order valence-electron chi connectivity index (χ2n) is 3.82. The van der Waals surface area contributed by atoms with Crippen molar-refractivity contribution in [2.45, 2.75) is 26.3 Å². The predicted molar refractivity (Wildman–Crippen MR) is 73.5 cm³/mol. The molecule has 2 heterocycles. The van der Waals surface area contributed by atoms with E-state index in [0.717, 1.165) is 6.42 Å². The van der Waals surface area contributed by atoms with Crippen LogP contribution in [0.4, 0.5) is 0 Å². The lowest BCUT2D eigenvalue weighted by atomic mass is 10.2. The fourth-order valence-corrected chi connectivity index (χ4v) is 2.99. The maximum absolute atomic E-state index is 12.2. The number of furan rings is 1. The lowest BCUT2D eigenvalue weighted by molar-refractivity contribution is -0.123. The van der Waals surface area contributed by atoms with Crippen LogP contribution < -0.4 is 0 Å². The lowest BCUT2D eigenvalue weighted by Gasteiger charge is -2.21. The SMILES string of the molecule is CC[C@H](C)N1C(=O)/C(=C/c2ccco2)SC1=S. The molecule has 1 aromatic rings. The summed E-state index contributed by atoms with van der Waals surface area (Å²) in [5.41, 5.74) is 0. The van der Waals surface area contributed by atoms with Crippen molar-refractivity contribution in [3.8, 4) is 0 Å². The molecule has 0 unspecified atom stereocenters. The molecule has 0 bridgehead atoms. The number of nitrogens with zero attached hydrogens (tertiary/aromatic N) is 1. The number of rotatable bonds is 3. The van der Waals surface area contributed by atoms with E-state index in [1.165, 1.54) is 11.8 Å². The third-order valence-corrected chi connectivity index (χ3v) is 4.00. The molecule has 0 saturated carbocycles. The highest BCUT2D eigenvalue weighted by atomic mass is 32.2. The Balaban J connectivity index is 2.24. The quantitative estimate of drug-likeness (QED) is 0.621. The van der Waals surface area contributed by atoms with E-state index in [2.05, 4.69) is 0 Å². The van der Waals surface area contributed by atoms with Gasteiger partial charge in [-0.05, 0) is 25.5 Å². The third-order valence-electron chi connectivity index (χ3n) is 2.67. The summed E-state index contributed by atoms with van der Waals surface area (Å²) in [6.45, 7) is 4.04. The van der Waals surface area contributed by atoms with Crippen LogP contribution in [0.25, 0.3) is 6.08 Å². The molecule has 1 aromatic heterocycles. The van der Waals surface area contributed by atoms with E-state index in [0.29, 0.717) is 15.0 Å². The van der Waals surface area contributed by atoms with Crippen molar-refractivity contribution in [2.24, 2.45) is 0 Å². The number of carbonyl (C=O) groups is 1. The third kappa shape index (κ3) is 2.45. The van der Waals surface area contributed by atoms with E-state index in [9.17, 15) is 4.79 Å². The molecule has 90 valence electrons. The first kappa shape index (κ1) is 12.4. The first-order valence-corrected chi connectivity index (χ1v) is 6.66. The summed E-state index contributed by atoms with van der Waals surface area (Å²) in [6, 6.07) is 3.75. The summed E-state index contributed by atoms with van der Waals surface area (Å²) < 4.78 is 5.82. The van der Waals surface area contributed by atoms with Crippen LogP contribution in [0, 0.1) is 0 Å². The van der Waals surface area contributed by atoms with Crippen molar-refractivity contribution in [1.82, 2.24) is 4.90 Å². The van der Waals surface area contributed by atoms with Gasteiger partial charge < -0.3 is 4.42 Å². The molecule has 3 nitrogen and oxygen atoms in total. The molecule has 0 N–H and O–H groups in total. The Morgan fingerprint density at radius 1 is 1.65 bits per heavy atom. The highest BCUT2D eigenvalue weighted by molar-refractivity contribution is 8.26. The molecule has 0 spiro atoms. The topological polar surface area (TPSA) is 33.5 Å². The molecule has 1 saturated heterocycles. The van der Waals surface area contributed by atoms with E-state index < -0.39 is 0 Å². The summed E-state index contributed by atoms with van der Waals surface area (Å²) in [5, 5.41) is 0. The van der Waals surface area contributed by atoms with Gasteiger partial charge in [0, 0.05) is 12.1 Å². The number of thiocarbonyl (C=S) groups is 1. The van der Waals surface area contributed by atoms with E-state index in [-0.39, 0.29) is 11.9 Å². The van der Waals surface area contributed by atoms with Crippen molar-refractivity contribution in [3.63, 3.8) is 0 Å². The zero-order valence-corrected chi connectivity index (χ0v) is 11.3. The summed E-state index contributed by atoms with van der Waals surface area (Å²) in [5.74, 6) is 0.653. The molecule has 17 heavy (non-hydrogen) atoms. The van der Waals surface area contributed by atoms with Gasteiger partial charge in [-0.3, -0.25) is 9.69 Å². The molecule has 0 aromatic carbocycles. The van der Waals surface area contributed by atoms with Gasteiger partial charge in [0.15, 0.2) is 0 Å². The van der Waals surface area contributed by atoms with Crippen LogP contribution in [0.3, 0.4) is 0 Å². The fraction of sp³-hybridized carbons (Fsp3) is 0.333. The molecule has 1 aliphatic rings. The summed E-state index contributed by atoms with van der Waals surface area (Å²) in [6.07, 6.45) is 4.21. The molecule has 1 fully saturated rings. The smallest absolute Gasteiger partial charge is 0.266 e. The Morgan fingerprint density at radius 2 is 2.41 bits per heavy atom. The molecule has 5 heteroatoms. The molecule has 1 aliphatic heterocycles. The molecular formula is C12H13NO2S2. The van der Waals surface area contributed by atoms with Gasteiger partial charge in [0.2, 0.25) is 0 Å². The summed E-state index contributed by atoms with van der Waals surface area (Å²) in [7, 11) is 0. The van der Waals surface area contributed by atoms with E-state index in [1.807, 2.05) is 19.9 Å². The first-order valence-electron chi connectivity index (χ1n) is 5.44. The number of amides is 1. The Hall–Kier alpha value is -1.07. The van der Waals surface area contributed by atoms with Crippen molar-refractivity contribution in [2.75, 3.05) is 0 Å². The molecule has 1 atom stereocenters. The van der Waals surface area contributed by atoms with Gasteiger partial charge in [-0.1, -0.05) is 30.9 Å². The minimum Gasteiger partial charge on any atom is -0.465 e. The summed E-state index contributed by atoms with van der Waals surface area (Å²) >= 11 is 6.56. The van der Waals surface area contributed by atoms with E-state index in [1.54, 1.807) is 23.3 Å². The maximum Gasteiger partial charge on any atom is 0.266 e. The lowest BCUT2D eigenvalue weighted by Crippen LogP contribution is -2.36. The second-order valence-corrected chi connectivity index (χ2v) is 5.50. The Kier molecular flexibility index (Phi) is 3.69. The van der Waals surface area contributed by atoms with E-state index >= 15 is 0 Å². The molecule has 1 amide bonds. The highest BCUT2D eigenvalue weighted by Crippen LogP contribution is 2.34. The zero-order valence-electron chi connectivity index (χ0n) is 9.67. The Morgan fingerprint density at radius 3 is 3.00 bits per heavy atom. The van der Waals surface area contributed by atoms with Crippen LogP contribution in [-0.2, 0) is 4.79 Å². The Labute approximate surface area is 110 Å². The van der Waals surface area contributed by atoms with Crippen LogP contribution in [0.2, 0.25) is 0 Å². The number of thioether (sulfide) groups is 1. The maximum atomic E-state index is 12.2. The normalized spacial score (nSPS) is 20.4. The van der Waals surface area contributed by atoms with Crippen LogP contribution in [-0.4, -0.2) is 21.2 Å². The minimum atomic E-state index is -0.0225. The molecule has 2 rings (SSSR count). The predicted octanol–water partition coefficient (Wildman–Crippen LogP) is 3.28. The summed E-state index contributed by atoms with van der Waals surface area (Å²) in [4.78, 5) is 14.5. The van der Waals surface area contributed by atoms with Gasteiger partial charge >= 0.3 is 0 Å². The van der Waals surface area contributed by atoms with Gasteiger partial charge in [-0.2, -0.15) is 0 Å². The van der Waals surface area contributed by atoms with Gasteiger partial charge in [-0.15, -0.1) is 0 Å². The number of hydrogen-bond donors (Lipinski definition) is 0. The molecular weight excluding hydrogens is 254 g/mol. The van der Waals surface area contributed by atoms with Crippen molar-refractivity contribution < 1.29 is 9.21 Å². The largest absolute Gasteiger partial charge is 0.465 e. The highest BCUT2D eigenvalue weighted by Gasteiger charge is 2.34. The van der Waals surface area contributed by atoms with Crippen molar-refractivity contribution in [3.05, 3.63) is 29.1 Å². The van der Waals surface area contributed by atoms with E-state index in [4.69, 9.17) is 16.6 Å². The molecule has 0 radical (unpaired) electrons. The van der Waals surface area contributed by atoms with Gasteiger partial charge in [0.1, 0.15) is 10.1 Å².